The molecule has 1 fully saturated rings. The lowest BCUT2D eigenvalue weighted by Gasteiger charge is -2.35. The summed E-state index contributed by atoms with van der Waals surface area (Å²) in [7, 11) is 0. The molecule has 0 radical (unpaired) electrons. The van der Waals surface area contributed by atoms with E-state index in [2.05, 4.69) is 15.5 Å². The Hall–Kier alpha value is -1.85. The third-order valence-corrected chi connectivity index (χ3v) is 2.81. The largest absolute Gasteiger partial charge is 0.480 e. The molecular formula is C9H11N3O3. The number of amides is 1. The van der Waals surface area contributed by atoms with Crippen LogP contribution in [0.2, 0.25) is 0 Å². The van der Waals surface area contributed by atoms with Crippen molar-refractivity contribution in [3.8, 4) is 0 Å². The lowest BCUT2D eigenvalue weighted by atomic mass is 9.68. The summed E-state index contributed by atoms with van der Waals surface area (Å²) >= 11 is 0. The van der Waals surface area contributed by atoms with Crippen molar-refractivity contribution in [3.05, 3.63) is 12.4 Å². The number of hydrogen-bond donors (Lipinski definition) is 3. The molecule has 1 aliphatic carbocycles. The average molecular weight is 209 g/mol. The number of aromatic amines is 1. The third kappa shape index (κ3) is 1.47. The molecule has 1 amide bonds. The molecule has 80 valence electrons. The number of carboxylic acid groups (broad SMARTS) is 1. The molecule has 1 aromatic rings. The number of nitrogens with one attached hydrogen (secondary N) is 2. The van der Waals surface area contributed by atoms with Crippen LogP contribution < -0.4 is 5.32 Å². The number of hydrogen-bond acceptors (Lipinski definition) is 3. The predicted octanol–water partition coefficient (Wildman–Crippen LogP) is 0.603. The monoisotopic (exact) mass is 209 g/mol. The molecular weight excluding hydrogens is 198 g/mol. The van der Waals surface area contributed by atoms with Gasteiger partial charge in [-0.25, -0.2) is 0 Å². The van der Waals surface area contributed by atoms with Crippen molar-refractivity contribution in [2.75, 3.05) is 5.32 Å². The van der Waals surface area contributed by atoms with Crippen molar-refractivity contribution in [2.24, 2.45) is 5.41 Å². The molecule has 0 atom stereocenters. The van der Waals surface area contributed by atoms with Gasteiger partial charge in [-0.3, -0.25) is 14.7 Å². The van der Waals surface area contributed by atoms with E-state index in [1.807, 2.05) is 0 Å². The molecule has 1 heterocycles. The normalized spacial score (nSPS) is 17.9. The predicted molar refractivity (Wildman–Crippen MR) is 51.1 cm³/mol. The summed E-state index contributed by atoms with van der Waals surface area (Å²) in [5.74, 6) is -1.50. The van der Waals surface area contributed by atoms with Crippen molar-refractivity contribution >= 4 is 17.6 Å². The Morgan fingerprint density at radius 1 is 1.53 bits per heavy atom. The summed E-state index contributed by atoms with van der Waals surface area (Å²) in [6.45, 7) is 0. The van der Waals surface area contributed by atoms with E-state index in [0.29, 0.717) is 18.5 Å². The van der Waals surface area contributed by atoms with Gasteiger partial charge in [0, 0.05) is 6.20 Å². The first kappa shape index (κ1) is 9.70. The number of carbonyl (C=O) groups excluding carboxylic acids is 1. The summed E-state index contributed by atoms with van der Waals surface area (Å²) in [5.41, 5.74) is -0.732. The van der Waals surface area contributed by atoms with Gasteiger partial charge in [-0.15, -0.1) is 0 Å². The first-order valence-corrected chi connectivity index (χ1v) is 4.69. The number of carbonyl (C=O) groups is 2. The number of aliphatic carboxylic acids is 1. The van der Waals surface area contributed by atoms with Crippen LogP contribution in [0.1, 0.15) is 19.3 Å². The fourth-order valence-electron chi connectivity index (χ4n) is 1.64. The van der Waals surface area contributed by atoms with Gasteiger partial charge in [0.2, 0.25) is 5.91 Å². The molecule has 15 heavy (non-hydrogen) atoms. The van der Waals surface area contributed by atoms with Gasteiger partial charge in [-0.1, -0.05) is 6.42 Å². The van der Waals surface area contributed by atoms with Gasteiger partial charge in [-0.05, 0) is 12.8 Å². The average Bonchev–Trinajstić information content (AvgIpc) is 2.53. The summed E-state index contributed by atoms with van der Waals surface area (Å²) in [5, 5.41) is 17.7. The summed E-state index contributed by atoms with van der Waals surface area (Å²) in [4.78, 5) is 22.7. The first-order valence-electron chi connectivity index (χ1n) is 4.69. The number of carboxylic acids is 1. The van der Waals surface area contributed by atoms with Gasteiger partial charge in [-0.2, -0.15) is 5.10 Å². The van der Waals surface area contributed by atoms with E-state index in [-0.39, 0.29) is 0 Å². The Morgan fingerprint density at radius 3 is 2.67 bits per heavy atom. The molecule has 1 aliphatic rings. The second-order valence-electron chi connectivity index (χ2n) is 3.68. The fraction of sp³-hybridized carbons (Fsp3) is 0.444. The van der Waals surface area contributed by atoms with E-state index in [4.69, 9.17) is 5.11 Å². The van der Waals surface area contributed by atoms with Crippen molar-refractivity contribution in [1.29, 1.82) is 0 Å². The van der Waals surface area contributed by atoms with Crippen LogP contribution in [0.3, 0.4) is 0 Å². The molecule has 6 nitrogen and oxygen atoms in total. The van der Waals surface area contributed by atoms with E-state index < -0.39 is 17.3 Å². The third-order valence-electron chi connectivity index (χ3n) is 2.81. The summed E-state index contributed by atoms with van der Waals surface area (Å²) in [6.07, 6.45) is 4.54. The van der Waals surface area contributed by atoms with E-state index in [1.165, 1.54) is 12.4 Å². The van der Waals surface area contributed by atoms with Crippen LogP contribution in [0.15, 0.2) is 12.4 Å². The Bertz CT molecular complexity index is 381. The first-order chi connectivity index (χ1) is 7.15. The zero-order valence-corrected chi connectivity index (χ0v) is 7.99. The SMILES string of the molecule is O=C(O)C1(C(=O)Nc2cn[nH]c2)CCC1. The highest BCUT2D eigenvalue weighted by atomic mass is 16.4. The quantitative estimate of drug-likeness (QED) is 0.635. The lowest BCUT2D eigenvalue weighted by Crippen LogP contribution is -2.48. The van der Waals surface area contributed by atoms with Crippen molar-refractivity contribution in [1.82, 2.24) is 10.2 Å². The van der Waals surface area contributed by atoms with Gasteiger partial charge >= 0.3 is 5.97 Å². The Balaban J connectivity index is 2.10. The molecule has 0 saturated heterocycles. The minimum absolute atomic E-state index is 0.409. The number of nitrogens with zero attached hydrogens (tertiary/aromatic N) is 1. The van der Waals surface area contributed by atoms with Gasteiger partial charge in [0.05, 0.1) is 11.9 Å². The van der Waals surface area contributed by atoms with Crippen molar-refractivity contribution in [3.63, 3.8) is 0 Å². The van der Waals surface area contributed by atoms with Crippen LogP contribution in [0, 0.1) is 5.41 Å². The van der Waals surface area contributed by atoms with Crippen molar-refractivity contribution < 1.29 is 14.7 Å². The second-order valence-corrected chi connectivity index (χ2v) is 3.68. The number of H-pyrrole nitrogens is 1. The van der Waals surface area contributed by atoms with Gasteiger partial charge in [0.25, 0.3) is 0 Å². The summed E-state index contributed by atoms with van der Waals surface area (Å²) in [6, 6.07) is 0. The molecule has 6 heteroatoms. The fourth-order valence-corrected chi connectivity index (χ4v) is 1.64. The maximum Gasteiger partial charge on any atom is 0.319 e. The highest BCUT2D eigenvalue weighted by Gasteiger charge is 2.51. The van der Waals surface area contributed by atoms with E-state index >= 15 is 0 Å². The zero-order chi connectivity index (χ0) is 10.9. The van der Waals surface area contributed by atoms with Crippen LogP contribution in [0.4, 0.5) is 5.69 Å². The topological polar surface area (TPSA) is 95.1 Å². The maximum atomic E-state index is 11.7. The Morgan fingerprint density at radius 2 is 2.27 bits per heavy atom. The Labute approximate surface area is 85.7 Å². The van der Waals surface area contributed by atoms with E-state index in [9.17, 15) is 9.59 Å². The highest BCUT2D eigenvalue weighted by molar-refractivity contribution is 6.09. The van der Waals surface area contributed by atoms with E-state index in [0.717, 1.165) is 6.42 Å². The summed E-state index contributed by atoms with van der Waals surface area (Å²) < 4.78 is 0. The minimum Gasteiger partial charge on any atom is -0.480 e. The number of aromatic nitrogens is 2. The maximum absolute atomic E-state index is 11.7. The molecule has 0 bridgehead atoms. The van der Waals surface area contributed by atoms with Crippen LogP contribution in [-0.2, 0) is 9.59 Å². The molecule has 3 N–H and O–H groups in total. The molecule has 0 unspecified atom stereocenters. The molecule has 1 aromatic heterocycles. The highest BCUT2D eigenvalue weighted by Crippen LogP contribution is 2.42. The number of rotatable bonds is 3. The second kappa shape index (κ2) is 3.38. The van der Waals surface area contributed by atoms with Gasteiger partial charge in [0.1, 0.15) is 5.41 Å². The minimum atomic E-state index is -1.22. The standard InChI is InChI=1S/C9H11N3O3/c13-7(12-6-4-10-11-5-6)9(8(14)15)2-1-3-9/h4-5H,1-3H2,(H,10,11)(H,12,13)(H,14,15). The van der Waals surface area contributed by atoms with Gasteiger partial charge in [0.15, 0.2) is 0 Å². The molecule has 2 rings (SSSR count). The van der Waals surface area contributed by atoms with Crippen LogP contribution in [-0.4, -0.2) is 27.2 Å². The zero-order valence-electron chi connectivity index (χ0n) is 7.99. The number of anilines is 1. The van der Waals surface area contributed by atoms with Crippen molar-refractivity contribution in [2.45, 2.75) is 19.3 Å². The Kier molecular flexibility index (Phi) is 2.18. The smallest absolute Gasteiger partial charge is 0.319 e. The van der Waals surface area contributed by atoms with Crippen LogP contribution in [0.5, 0.6) is 0 Å². The molecule has 0 spiro atoms. The van der Waals surface area contributed by atoms with E-state index in [1.54, 1.807) is 0 Å². The molecule has 0 aromatic carbocycles. The van der Waals surface area contributed by atoms with Crippen LogP contribution in [0.25, 0.3) is 0 Å². The lowest BCUT2D eigenvalue weighted by molar-refractivity contribution is -0.159. The van der Waals surface area contributed by atoms with Crippen LogP contribution >= 0.6 is 0 Å². The van der Waals surface area contributed by atoms with Gasteiger partial charge < -0.3 is 10.4 Å². The molecule has 1 saturated carbocycles. The molecule has 0 aliphatic heterocycles.